The Bertz CT molecular complexity index is 844. The summed E-state index contributed by atoms with van der Waals surface area (Å²) in [4.78, 5) is 3.36. The van der Waals surface area contributed by atoms with E-state index in [-0.39, 0.29) is 0 Å². The number of nitrogens with zero attached hydrogens (tertiary/aromatic N) is 1. The van der Waals surface area contributed by atoms with E-state index in [1.807, 2.05) is 0 Å². The third-order valence-electron chi connectivity index (χ3n) is 10.6. The second-order valence-corrected chi connectivity index (χ2v) is 14.8. The predicted molar refractivity (Wildman–Crippen MR) is 204 cm³/mol. The van der Waals surface area contributed by atoms with E-state index in [4.69, 9.17) is 0 Å². The predicted octanol–water partition coefficient (Wildman–Crippen LogP) is 14.4. The SMILES string of the molecule is CCCCCCCCCCCCCCCCCCCC(C(CCCCCCCCCCCCC)Cc1ccccc1)[n+]1cc[nH]c1. The van der Waals surface area contributed by atoms with Crippen molar-refractivity contribution in [1.82, 2.24) is 4.98 Å². The van der Waals surface area contributed by atoms with Crippen molar-refractivity contribution < 1.29 is 4.57 Å². The Kier molecular flexibility index (Phi) is 27.1. The lowest BCUT2D eigenvalue weighted by molar-refractivity contribution is -0.730. The van der Waals surface area contributed by atoms with Crippen LogP contribution in [0.2, 0.25) is 0 Å². The van der Waals surface area contributed by atoms with E-state index in [0.717, 1.165) is 0 Å². The van der Waals surface area contributed by atoms with Gasteiger partial charge in [-0.15, -0.1) is 0 Å². The molecule has 0 aliphatic heterocycles. The Labute approximate surface area is 288 Å². The Morgan fingerprint density at radius 2 is 0.870 bits per heavy atom. The fourth-order valence-electron chi connectivity index (χ4n) is 7.63. The molecule has 0 spiro atoms. The average molecular weight is 636 g/mol. The summed E-state index contributed by atoms with van der Waals surface area (Å²) in [6.07, 6.45) is 50.7. The van der Waals surface area contributed by atoms with Crippen LogP contribution in [0.1, 0.15) is 218 Å². The highest BCUT2D eigenvalue weighted by atomic mass is 15.1. The Morgan fingerprint density at radius 1 is 0.478 bits per heavy atom. The van der Waals surface area contributed by atoms with E-state index in [1.165, 1.54) is 205 Å². The van der Waals surface area contributed by atoms with Crippen LogP contribution in [0.15, 0.2) is 49.1 Å². The number of hydrogen-bond donors (Lipinski definition) is 1. The molecule has 2 rings (SSSR count). The van der Waals surface area contributed by atoms with Crippen molar-refractivity contribution in [2.75, 3.05) is 0 Å². The second kappa shape index (κ2) is 30.7. The molecule has 0 bridgehead atoms. The zero-order valence-corrected chi connectivity index (χ0v) is 31.1. The Morgan fingerprint density at radius 3 is 1.26 bits per heavy atom. The monoisotopic (exact) mass is 636 g/mol. The summed E-state index contributed by atoms with van der Waals surface area (Å²) >= 11 is 0. The fraction of sp³-hybridized carbons (Fsp3) is 0.795. The number of imidazole rings is 1. The molecule has 2 nitrogen and oxygen atoms in total. The van der Waals surface area contributed by atoms with Crippen LogP contribution in [0, 0.1) is 5.92 Å². The molecule has 0 radical (unpaired) electrons. The fourth-order valence-corrected chi connectivity index (χ4v) is 7.63. The smallest absolute Gasteiger partial charge is 0.241 e. The maximum atomic E-state index is 3.36. The standard InChI is InChI=1S/C44H78N2/c1-3-5-7-9-11-13-15-16-17-18-19-20-22-24-26-28-33-37-44(46-39-38-45-41-46)43(40-42-34-30-29-31-35-42)36-32-27-25-23-21-14-12-10-8-6-4-2/h29-31,34-35,38-39,41,43-44H,3-28,32-33,36-37,40H2,1-2H3/p+1. The Balaban J connectivity index is 1.63. The van der Waals surface area contributed by atoms with Gasteiger partial charge in [0.1, 0.15) is 18.4 Å². The van der Waals surface area contributed by atoms with Gasteiger partial charge in [0.25, 0.3) is 0 Å². The normalized spacial score (nSPS) is 12.9. The first-order valence-electron chi connectivity index (χ1n) is 20.9. The quantitative estimate of drug-likeness (QED) is 0.0583. The summed E-state index contributed by atoms with van der Waals surface area (Å²) in [6.45, 7) is 4.62. The van der Waals surface area contributed by atoms with Crippen molar-refractivity contribution in [3.8, 4) is 0 Å². The highest BCUT2D eigenvalue weighted by molar-refractivity contribution is 5.15. The molecule has 2 aromatic rings. The molecule has 46 heavy (non-hydrogen) atoms. The lowest BCUT2D eigenvalue weighted by Crippen LogP contribution is -2.42. The summed E-state index contributed by atoms with van der Waals surface area (Å²) in [6, 6.07) is 11.9. The lowest BCUT2D eigenvalue weighted by Gasteiger charge is -2.25. The van der Waals surface area contributed by atoms with Crippen molar-refractivity contribution in [3.63, 3.8) is 0 Å². The number of unbranched alkanes of at least 4 members (excludes halogenated alkanes) is 26. The number of nitrogens with one attached hydrogen (secondary N) is 1. The van der Waals surface area contributed by atoms with Crippen LogP contribution in [-0.4, -0.2) is 4.98 Å². The molecular formula is C44H79N2+. The van der Waals surface area contributed by atoms with Crippen LogP contribution < -0.4 is 4.57 Å². The number of aromatic nitrogens is 2. The molecule has 2 heteroatoms. The molecule has 264 valence electrons. The highest BCUT2D eigenvalue weighted by Gasteiger charge is 2.26. The summed E-state index contributed by atoms with van der Waals surface area (Å²) in [5, 5.41) is 0. The van der Waals surface area contributed by atoms with E-state index in [9.17, 15) is 0 Å². The molecule has 0 saturated carbocycles. The van der Waals surface area contributed by atoms with Crippen LogP contribution in [0.25, 0.3) is 0 Å². The maximum absolute atomic E-state index is 3.36. The minimum atomic E-state index is 0.603. The molecule has 0 aliphatic carbocycles. The minimum absolute atomic E-state index is 0.603. The average Bonchev–Trinajstić information content (AvgIpc) is 3.62. The maximum Gasteiger partial charge on any atom is 0.241 e. The summed E-state index contributed by atoms with van der Waals surface area (Å²) in [5.41, 5.74) is 1.51. The largest absolute Gasteiger partial charge is 0.250 e. The molecule has 1 aromatic carbocycles. The molecular weight excluding hydrogens is 556 g/mol. The molecule has 1 aromatic heterocycles. The first kappa shape index (κ1) is 40.6. The van der Waals surface area contributed by atoms with E-state index in [2.05, 4.69) is 72.5 Å². The van der Waals surface area contributed by atoms with Gasteiger partial charge < -0.3 is 0 Å². The number of aromatic amines is 1. The van der Waals surface area contributed by atoms with E-state index in [1.54, 1.807) is 0 Å². The van der Waals surface area contributed by atoms with Gasteiger partial charge in [-0.1, -0.05) is 218 Å². The van der Waals surface area contributed by atoms with Crippen LogP contribution >= 0.6 is 0 Å². The van der Waals surface area contributed by atoms with E-state index in [0.29, 0.717) is 12.0 Å². The first-order chi connectivity index (χ1) is 22.8. The van der Waals surface area contributed by atoms with Crippen molar-refractivity contribution in [1.29, 1.82) is 0 Å². The number of hydrogen-bond acceptors (Lipinski definition) is 0. The Hall–Kier alpha value is -1.57. The van der Waals surface area contributed by atoms with Gasteiger partial charge in [-0.3, -0.25) is 4.98 Å². The third-order valence-corrected chi connectivity index (χ3v) is 10.6. The first-order valence-corrected chi connectivity index (χ1v) is 20.9. The van der Waals surface area contributed by atoms with Crippen LogP contribution in [0.5, 0.6) is 0 Å². The molecule has 0 fully saturated rings. The van der Waals surface area contributed by atoms with Gasteiger partial charge in [0.05, 0.1) is 0 Å². The zero-order chi connectivity index (χ0) is 32.6. The zero-order valence-electron chi connectivity index (χ0n) is 31.1. The van der Waals surface area contributed by atoms with E-state index >= 15 is 0 Å². The molecule has 1 heterocycles. The molecule has 0 saturated heterocycles. The minimum Gasteiger partial charge on any atom is -0.250 e. The van der Waals surface area contributed by atoms with Crippen LogP contribution in [0.3, 0.4) is 0 Å². The van der Waals surface area contributed by atoms with Gasteiger partial charge in [0.2, 0.25) is 6.33 Å². The lowest BCUT2D eigenvalue weighted by atomic mass is 9.84. The van der Waals surface area contributed by atoms with Gasteiger partial charge in [-0.2, -0.15) is 0 Å². The van der Waals surface area contributed by atoms with Crippen molar-refractivity contribution in [3.05, 3.63) is 54.6 Å². The van der Waals surface area contributed by atoms with Gasteiger partial charge in [-0.25, -0.2) is 4.57 Å². The molecule has 0 aliphatic rings. The molecule has 2 unspecified atom stereocenters. The summed E-state index contributed by atoms with van der Waals surface area (Å²) in [7, 11) is 0. The third kappa shape index (κ3) is 22.1. The molecule has 0 amide bonds. The van der Waals surface area contributed by atoms with Crippen molar-refractivity contribution in [2.24, 2.45) is 5.92 Å². The molecule has 1 N–H and O–H groups in total. The van der Waals surface area contributed by atoms with Crippen LogP contribution in [0.4, 0.5) is 0 Å². The van der Waals surface area contributed by atoms with Gasteiger partial charge in [0.15, 0.2) is 0 Å². The summed E-state index contributed by atoms with van der Waals surface area (Å²) in [5.74, 6) is 0.711. The number of rotatable bonds is 34. The number of benzene rings is 1. The summed E-state index contributed by atoms with van der Waals surface area (Å²) < 4.78 is 2.51. The van der Waals surface area contributed by atoms with E-state index < -0.39 is 0 Å². The second-order valence-electron chi connectivity index (χ2n) is 14.8. The van der Waals surface area contributed by atoms with Crippen LogP contribution in [-0.2, 0) is 6.42 Å². The number of H-pyrrole nitrogens is 1. The van der Waals surface area contributed by atoms with Gasteiger partial charge >= 0.3 is 0 Å². The van der Waals surface area contributed by atoms with Gasteiger partial charge in [0, 0.05) is 5.92 Å². The topological polar surface area (TPSA) is 19.7 Å². The van der Waals surface area contributed by atoms with Crippen molar-refractivity contribution in [2.45, 2.75) is 219 Å². The van der Waals surface area contributed by atoms with Crippen molar-refractivity contribution >= 4 is 0 Å². The molecule has 2 atom stereocenters. The highest BCUT2D eigenvalue weighted by Crippen LogP contribution is 2.29. The van der Waals surface area contributed by atoms with Gasteiger partial charge in [-0.05, 0) is 31.2 Å².